The third-order valence-electron chi connectivity index (χ3n) is 5.85. The van der Waals surface area contributed by atoms with Gasteiger partial charge in [-0.1, -0.05) is 35.9 Å². The lowest BCUT2D eigenvalue weighted by Crippen LogP contribution is -2.36. The summed E-state index contributed by atoms with van der Waals surface area (Å²) in [5, 5.41) is 3.74. The quantitative estimate of drug-likeness (QED) is 0.477. The monoisotopic (exact) mass is 480 g/mol. The highest BCUT2D eigenvalue weighted by molar-refractivity contribution is 6.30. The van der Waals surface area contributed by atoms with Gasteiger partial charge in [-0.05, 0) is 60.5 Å². The Labute approximate surface area is 205 Å². The number of carbonyl (C=O) groups excluding carboxylic acids is 1. The number of halogens is 1. The molecule has 0 saturated carbocycles. The number of ether oxygens (including phenoxy) is 3. The average molecular weight is 481 g/mol. The van der Waals surface area contributed by atoms with E-state index in [2.05, 4.69) is 34.5 Å². The second-order valence-electron chi connectivity index (χ2n) is 8.17. The van der Waals surface area contributed by atoms with Gasteiger partial charge in [0.15, 0.2) is 11.5 Å². The van der Waals surface area contributed by atoms with Crippen LogP contribution in [0.1, 0.15) is 34.5 Å². The van der Waals surface area contributed by atoms with Crippen LogP contribution in [0.2, 0.25) is 5.02 Å². The number of hydrogen-bond acceptors (Lipinski definition) is 5. The Hall–Kier alpha value is -3.22. The topological polar surface area (TPSA) is 60.0 Å². The van der Waals surface area contributed by atoms with Crippen LogP contribution < -0.4 is 19.7 Å². The summed E-state index contributed by atoms with van der Waals surface area (Å²) in [5.41, 5.74) is 3.71. The largest absolute Gasteiger partial charge is 0.493 e. The van der Waals surface area contributed by atoms with Crippen LogP contribution >= 0.6 is 11.6 Å². The number of hydrogen-bond donors (Lipinski definition) is 1. The molecule has 1 atom stereocenters. The number of amides is 1. The summed E-state index contributed by atoms with van der Waals surface area (Å²) in [6.45, 7) is 5.64. The van der Waals surface area contributed by atoms with Crippen LogP contribution in [0, 0.1) is 0 Å². The summed E-state index contributed by atoms with van der Waals surface area (Å²) in [6, 6.07) is 20.8. The third-order valence-corrected chi connectivity index (χ3v) is 6.10. The molecule has 0 spiro atoms. The highest BCUT2D eigenvalue weighted by atomic mass is 35.5. The van der Waals surface area contributed by atoms with Crippen LogP contribution in [-0.2, 0) is 11.3 Å². The van der Waals surface area contributed by atoms with Crippen molar-refractivity contribution in [3.05, 3.63) is 88.4 Å². The molecule has 3 aromatic carbocycles. The molecular formula is C27H29ClN2O4. The molecule has 0 radical (unpaired) electrons. The highest BCUT2D eigenvalue weighted by Gasteiger charge is 2.16. The van der Waals surface area contributed by atoms with Gasteiger partial charge < -0.3 is 24.4 Å². The molecule has 4 rings (SSSR count). The molecule has 1 unspecified atom stereocenters. The van der Waals surface area contributed by atoms with E-state index < -0.39 is 0 Å². The zero-order chi connectivity index (χ0) is 23.9. The minimum Gasteiger partial charge on any atom is -0.493 e. The predicted molar refractivity (Wildman–Crippen MR) is 134 cm³/mol. The number of nitrogens with one attached hydrogen (secondary N) is 1. The summed E-state index contributed by atoms with van der Waals surface area (Å²) in [6.07, 6.45) is 0. The molecule has 3 aromatic rings. The van der Waals surface area contributed by atoms with Gasteiger partial charge in [0.1, 0.15) is 6.61 Å². The molecule has 1 saturated heterocycles. The molecule has 1 aliphatic rings. The van der Waals surface area contributed by atoms with Crippen LogP contribution in [0.5, 0.6) is 11.5 Å². The van der Waals surface area contributed by atoms with E-state index >= 15 is 0 Å². The van der Waals surface area contributed by atoms with Crippen LogP contribution in [0.4, 0.5) is 5.69 Å². The zero-order valence-electron chi connectivity index (χ0n) is 19.4. The van der Waals surface area contributed by atoms with Gasteiger partial charge in [0.2, 0.25) is 0 Å². The molecule has 6 nitrogen and oxygen atoms in total. The first-order valence-electron chi connectivity index (χ1n) is 11.3. The number of nitrogens with zero attached hydrogens (tertiary/aromatic N) is 1. The fraction of sp³-hybridized carbons (Fsp3) is 0.296. The lowest BCUT2D eigenvalue weighted by Gasteiger charge is -2.29. The molecule has 7 heteroatoms. The van der Waals surface area contributed by atoms with Crippen molar-refractivity contribution in [1.29, 1.82) is 0 Å². The number of benzene rings is 3. The van der Waals surface area contributed by atoms with Gasteiger partial charge in [0.05, 0.1) is 26.4 Å². The number of anilines is 1. The van der Waals surface area contributed by atoms with Gasteiger partial charge in [-0.25, -0.2) is 0 Å². The zero-order valence-corrected chi connectivity index (χ0v) is 20.2. The van der Waals surface area contributed by atoms with Crippen LogP contribution in [0.3, 0.4) is 0 Å². The molecule has 1 N–H and O–H groups in total. The van der Waals surface area contributed by atoms with Gasteiger partial charge in [-0.2, -0.15) is 0 Å². The van der Waals surface area contributed by atoms with Crippen molar-refractivity contribution in [2.75, 3.05) is 38.3 Å². The van der Waals surface area contributed by atoms with E-state index in [9.17, 15) is 4.79 Å². The minimum absolute atomic E-state index is 0.141. The van der Waals surface area contributed by atoms with Crippen LogP contribution in [0.25, 0.3) is 0 Å². The molecule has 0 aliphatic carbocycles. The number of methoxy groups -OCH3 is 1. The normalized spacial score (nSPS) is 14.4. The number of rotatable bonds is 8. The average Bonchev–Trinajstić information content (AvgIpc) is 2.88. The smallest absolute Gasteiger partial charge is 0.251 e. The Kier molecular flexibility index (Phi) is 7.93. The molecular weight excluding hydrogens is 452 g/mol. The maximum absolute atomic E-state index is 12.9. The van der Waals surface area contributed by atoms with Gasteiger partial charge in [-0.15, -0.1) is 0 Å². The standard InChI is InChI=1S/C27H29ClN2O4/c1-19(21-5-10-24(11-6-21)30-13-15-33-16-14-30)29-27(31)22-7-12-25(26(17-22)32-2)34-18-20-3-8-23(28)9-4-20/h3-12,17,19H,13-16,18H2,1-2H3,(H,29,31). The summed E-state index contributed by atoms with van der Waals surface area (Å²) in [4.78, 5) is 15.2. The van der Waals surface area contributed by atoms with Crippen molar-refractivity contribution in [2.24, 2.45) is 0 Å². The van der Waals surface area contributed by atoms with Gasteiger partial charge in [-0.3, -0.25) is 4.79 Å². The van der Waals surface area contributed by atoms with E-state index in [0.29, 0.717) is 28.7 Å². The second kappa shape index (κ2) is 11.3. The maximum atomic E-state index is 12.9. The van der Waals surface area contributed by atoms with Crippen molar-refractivity contribution in [2.45, 2.75) is 19.6 Å². The molecule has 1 amide bonds. The van der Waals surface area contributed by atoms with E-state index in [1.807, 2.05) is 31.2 Å². The SMILES string of the molecule is COc1cc(C(=O)NC(C)c2ccc(N3CCOCC3)cc2)ccc1OCc1ccc(Cl)cc1. The molecule has 34 heavy (non-hydrogen) atoms. The Bertz CT molecular complexity index is 1100. The van der Waals surface area contributed by atoms with Crippen molar-refractivity contribution in [1.82, 2.24) is 5.32 Å². The third kappa shape index (κ3) is 6.01. The summed E-state index contributed by atoms with van der Waals surface area (Å²) in [5.74, 6) is 0.900. The Morgan fingerprint density at radius 3 is 2.41 bits per heavy atom. The molecule has 1 heterocycles. The first-order valence-corrected chi connectivity index (χ1v) is 11.7. The number of carbonyl (C=O) groups is 1. The Morgan fingerprint density at radius 2 is 1.74 bits per heavy atom. The van der Waals surface area contributed by atoms with Crippen molar-refractivity contribution in [3.63, 3.8) is 0 Å². The van der Waals surface area contributed by atoms with Gasteiger partial charge in [0.25, 0.3) is 5.91 Å². The maximum Gasteiger partial charge on any atom is 0.251 e. The van der Waals surface area contributed by atoms with E-state index in [-0.39, 0.29) is 11.9 Å². The Balaban J connectivity index is 1.37. The summed E-state index contributed by atoms with van der Waals surface area (Å²) in [7, 11) is 1.56. The van der Waals surface area contributed by atoms with E-state index in [1.165, 1.54) is 5.69 Å². The molecule has 0 bridgehead atoms. The molecule has 1 fully saturated rings. The fourth-order valence-corrected chi connectivity index (χ4v) is 3.95. The lowest BCUT2D eigenvalue weighted by molar-refractivity contribution is 0.0939. The van der Waals surface area contributed by atoms with Crippen LogP contribution in [0.15, 0.2) is 66.7 Å². The van der Waals surface area contributed by atoms with Crippen molar-refractivity contribution in [3.8, 4) is 11.5 Å². The first-order chi connectivity index (χ1) is 16.5. The Morgan fingerprint density at radius 1 is 1.03 bits per heavy atom. The summed E-state index contributed by atoms with van der Waals surface area (Å²) < 4.78 is 16.8. The summed E-state index contributed by atoms with van der Waals surface area (Å²) >= 11 is 5.93. The highest BCUT2D eigenvalue weighted by Crippen LogP contribution is 2.29. The fourth-order valence-electron chi connectivity index (χ4n) is 3.83. The van der Waals surface area contributed by atoms with E-state index in [4.69, 9.17) is 25.8 Å². The molecule has 178 valence electrons. The molecule has 1 aliphatic heterocycles. The minimum atomic E-state index is -0.174. The lowest BCUT2D eigenvalue weighted by atomic mass is 10.1. The molecule has 0 aromatic heterocycles. The predicted octanol–water partition coefficient (Wildman–Crippen LogP) is 5.26. The second-order valence-corrected chi connectivity index (χ2v) is 8.60. The first kappa shape index (κ1) is 23.9. The van der Waals surface area contributed by atoms with Crippen LogP contribution in [-0.4, -0.2) is 39.3 Å². The van der Waals surface area contributed by atoms with Crippen molar-refractivity contribution >= 4 is 23.2 Å². The van der Waals surface area contributed by atoms with Crippen molar-refractivity contribution < 1.29 is 19.0 Å². The van der Waals surface area contributed by atoms with E-state index in [0.717, 1.165) is 37.4 Å². The van der Waals surface area contributed by atoms with E-state index in [1.54, 1.807) is 25.3 Å². The van der Waals surface area contributed by atoms with Gasteiger partial charge in [0, 0.05) is 29.4 Å². The number of morpholine rings is 1. The van der Waals surface area contributed by atoms with Gasteiger partial charge >= 0.3 is 0 Å².